The number of carbonyl (C=O) groups is 1. The van der Waals surface area contributed by atoms with Gasteiger partial charge in [-0.15, -0.1) is 0 Å². The second-order valence-corrected chi connectivity index (χ2v) is 5.07. The first-order valence-electron chi connectivity index (χ1n) is 6.93. The zero-order valence-electron chi connectivity index (χ0n) is 11.5. The van der Waals surface area contributed by atoms with Gasteiger partial charge in [0.2, 0.25) is 5.91 Å². The van der Waals surface area contributed by atoms with Crippen LogP contribution in [-0.2, 0) is 14.3 Å². The van der Waals surface area contributed by atoms with Crippen molar-refractivity contribution < 1.29 is 14.3 Å². The highest BCUT2D eigenvalue weighted by atomic mass is 16.7. The van der Waals surface area contributed by atoms with E-state index in [9.17, 15) is 4.79 Å². The van der Waals surface area contributed by atoms with Crippen molar-refractivity contribution in [3.63, 3.8) is 0 Å². The second-order valence-electron chi connectivity index (χ2n) is 5.07. The summed E-state index contributed by atoms with van der Waals surface area (Å²) in [7, 11) is 0. The van der Waals surface area contributed by atoms with Crippen molar-refractivity contribution in [2.24, 2.45) is 5.92 Å². The van der Waals surface area contributed by atoms with Crippen LogP contribution >= 0.6 is 0 Å². The van der Waals surface area contributed by atoms with Crippen molar-refractivity contribution in [1.82, 2.24) is 10.9 Å². The van der Waals surface area contributed by atoms with Crippen molar-refractivity contribution in [3.05, 3.63) is 0 Å². The first kappa shape index (κ1) is 15.4. The minimum Gasteiger partial charge on any atom is -0.353 e. The number of nitrogens with one attached hydrogen (secondary N) is 2. The summed E-state index contributed by atoms with van der Waals surface area (Å²) >= 11 is 0. The Morgan fingerprint density at radius 2 is 2.28 bits per heavy atom. The molecule has 0 saturated carbocycles. The summed E-state index contributed by atoms with van der Waals surface area (Å²) < 4.78 is 11.0. The van der Waals surface area contributed by atoms with Crippen LogP contribution in [0.3, 0.4) is 0 Å². The van der Waals surface area contributed by atoms with Crippen molar-refractivity contribution >= 4 is 5.91 Å². The number of hydrazine groups is 1. The van der Waals surface area contributed by atoms with E-state index in [-0.39, 0.29) is 12.2 Å². The van der Waals surface area contributed by atoms with Crippen molar-refractivity contribution in [2.75, 3.05) is 19.8 Å². The third-order valence-electron chi connectivity index (χ3n) is 2.85. The third-order valence-corrected chi connectivity index (χ3v) is 2.85. The summed E-state index contributed by atoms with van der Waals surface area (Å²) in [6.07, 6.45) is 4.70. The number of rotatable bonds is 8. The molecule has 5 nitrogen and oxygen atoms in total. The number of hydrogen-bond donors (Lipinski definition) is 2. The first-order chi connectivity index (χ1) is 8.68. The monoisotopic (exact) mass is 258 g/mol. The van der Waals surface area contributed by atoms with E-state index in [1.54, 1.807) is 0 Å². The summed E-state index contributed by atoms with van der Waals surface area (Å²) in [4.78, 5) is 11.4. The Morgan fingerprint density at radius 1 is 1.44 bits per heavy atom. The van der Waals surface area contributed by atoms with E-state index >= 15 is 0 Å². The van der Waals surface area contributed by atoms with Crippen LogP contribution < -0.4 is 10.9 Å². The standard InChI is InChI=1S/C13H26N2O3/c1-11(2)6-7-12(16)15-14-8-10-18-13-5-3-4-9-17-13/h11,13-14H,3-10H2,1-2H3,(H,15,16). The maximum atomic E-state index is 11.4. The molecule has 1 unspecified atom stereocenters. The molecule has 1 fully saturated rings. The van der Waals surface area contributed by atoms with Crippen molar-refractivity contribution in [2.45, 2.75) is 52.2 Å². The molecule has 18 heavy (non-hydrogen) atoms. The molecule has 2 N–H and O–H groups in total. The fourth-order valence-corrected chi connectivity index (χ4v) is 1.73. The molecule has 106 valence electrons. The van der Waals surface area contributed by atoms with Gasteiger partial charge in [0, 0.05) is 19.6 Å². The molecule has 0 aromatic heterocycles. The van der Waals surface area contributed by atoms with Crippen molar-refractivity contribution in [3.8, 4) is 0 Å². The van der Waals surface area contributed by atoms with Gasteiger partial charge in [-0.05, 0) is 31.6 Å². The molecule has 0 spiro atoms. The van der Waals surface area contributed by atoms with Gasteiger partial charge in [0.25, 0.3) is 0 Å². The molecule has 0 aromatic carbocycles. The molecule has 1 aliphatic rings. The van der Waals surface area contributed by atoms with Crippen molar-refractivity contribution in [1.29, 1.82) is 0 Å². The summed E-state index contributed by atoms with van der Waals surface area (Å²) in [5.41, 5.74) is 5.53. The van der Waals surface area contributed by atoms with E-state index in [0.717, 1.165) is 25.9 Å². The Balaban J connectivity index is 1.89. The molecule has 1 saturated heterocycles. The molecular weight excluding hydrogens is 232 g/mol. The van der Waals surface area contributed by atoms with Crippen LogP contribution in [0.2, 0.25) is 0 Å². The first-order valence-corrected chi connectivity index (χ1v) is 6.93. The van der Waals surface area contributed by atoms with Gasteiger partial charge in [0.05, 0.1) is 6.61 Å². The lowest BCUT2D eigenvalue weighted by Gasteiger charge is -2.22. The van der Waals surface area contributed by atoms with Gasteiger partial charge in [-0.3, -0.25) is 10.2 Å². The van der Waals surface area contributed by atoms with Crippen LogP contribution in [0.25, 0.3) is 0 Å². The van der Waals surface area contributed by atoms with Gasteiger partial charge in [0.1, 0.15) is 0 Å². The summed E-state index contributed by atoms with van der Waals surface area (Å²) in [6, 6.07) is 0. The van der Waals surface area contributed by atoms with E-state index < -0.39 is 0 Å². The predicted molar refractivity (Wildman–Crippen MR) is 69.8 cm³/mol. The fraction of sp³-hybridized carbons (Fsp3) is 0.923. The lowest BCUT2D eigenvalue weighted by atomic mass is 10.1. The molecule has 0 aromatic rings. The number of amides is 1. The number of hydrogen-bond acceptors (Lipinski definition) is 4. The van der Waals surface area contributed by atoms with Gasteiger partial charge >= 0.3 is 0 Å². The molecule has 1 atom stereocenters. The molecule has 1 aliphatic heterocycles. The highest BCUT2D eigenvalue weighted by molar-refractivity contribution is 5.75. The SMILES string of the molecule is CC(C)CCC(=O)NNCCOC1CCCCO1. The van der Waals surface area contributed by atoms with Gasteiger partial charge in [0.15, 0.2) is 6.29 Å². The van der Waals surface area contributed by atoms with Crippen LogP contribution in [0.5, 0.6) is 0 Å². The topological polar surface area (TPSA) is 59.6 Å². The number of carbonyl (C=O) groups excluding carboxylic acids is 1. The lowest BCUT2D eigenvalue weighted by Crippen LogP contribution is -2.40. The molecule has 0 bridgehead atoms. The Kier molecular flexibility index (Phi) is 7.96. The average Bonchev–Trinajstić information content (AvgIpc) is 2.37. The maximum Gasteiger partial charge on any atom is 0.234 e. The van der Waals surface area contributed by atoms with Gasteiger partial charge in [-0.25, -0.2) is 5.43 Å². The molecular formula is C13H26N2O3. The molecule has 1 heterocycles. The highest BCUT2D eigenvalue weighted by Crippen LogP contribution is 2.12. The second kappa shape index (κ2) is 9.30. The summed E-state index contributed by atoms with van der Waals surface area (Å²) in [5.74, 6) is 0.597. The molecule has 0 radical (unpaired) electrons. The smallest absolute Gasteiger partial charge is 0.234 e. The minimum absolute atomic E-state index is 0.0395. The zero-order chi connectivity index (χ0) is 13.2. The average molecular weight is 258 g/mol. The van der Waals surface area contributed by atoms with E-state index in [1.807, 2.05) is 0 Å². The third kappa shape index (κ3) is 7.63. The predicted octanol–water partition coefficient (Wildman–Crippen LogP) is 1.59. The number of ether oxygens (including phenoxy) is 2. The van der Waals surface area contributed by atoms with Crippen LogP contribution in [-0.4, -0.2) is 32.0 Å². The Bertz CT molecular complexity index is 228. The van der Waals surface area contributed by atoms with Crippen LogP contribution in [0, 0.1) is 5.92 Å². The highest BCUT2D eigenvalue weighted by Gasteiger charge is 2.13. The van der Waals surface area contributed by atoms with E-state index in [4.69, 9.17) is 9.47 Å². The fourth-order valence-electron chi connectivity index (χ4n) is 1.73. The van der Waals surface area contributed by atoms with E-state index in [0.29, 0.717) is 25.5 Å². The van der Waals surface area contributed by atoms with Crippen LogP contribution in [0.4, 0.5) is 0 Å². The minimum atomic E-state index is -0.0582. The zero-order valence-corrected chi connectivity index (χ0v) is 11.5. The lowest BCUT2D eigenvalue weighted by molar-refractivity contribution is -0.161. The summed E-state index contributed by atoms with van der Waals surface area (Å²) in [5, 5.41) is 0. The molecule has 5 heteroatoms. The largest absolute Gasteiger partial charge is 0.353 e. The quantitative estimate of drug-likeness (QED) is 0.513. The van der Waals surface area contributed by atoms with E-state index in [1.165, 1.54) is 6.42 Å². The van der Waals surface area contributed by atoms with Gasteiger partial charge in [-0.2, -0.15) is 0 Å². The maximum absolute atomic E-state index is 11.4. The van der Waals surface area contributed by atoms with Gasteiger partial charge in [-0.1, -0.05) is 13.8 Å². The van der Waals surface area contributed by atoms with Crippen LogP contribution in [0.15, 0.2) is 0 Å². The normalized spacial score (nSPS) is 20.1. The molecule has 1 rings (SSSR count). The Labute approximate surface area is 110 Å². The Hall–Kier alpha value is -0.650. The Morgan fingerprint density at radius 3 is 2.94 bits per heavy atom. The van der Waals surface area contributed by atoms with E-state index in [2.05, 4.69) is 24.7 Å². The van der Waals surface area contributed by atoms with Gasteiger partial charge < -0.3 is 9.47 Å². The summed E-state index contributed by atoms with van der Waals surface area (Å²) in [6.45, 7) is 6.17. The molecule has 1 amide bonds. The van der Waals surface area contributed by atoms with Crippen LogP contribution in [0.1, 0.15) is 46.0 Å². The molecule has 0 aliphatic carbocycles.